The van der Waals surface area contributed by atoms with Crippen molar-refractivity contribution in [2.45, 2.75) is 44.8 Å². The molecule has 1 N–H and O–H groups in total. The van der Waals surface area contributed by atoms with E-state index >= 15 is 0 Å². The number of amides is 1. The normalized spacial score (nSPS) is 19.1. The Balaban J connectivity index is 1.42. The third-order valence-corrected chi connectivity index (χ3v) is 5.80. The molecule has 2 aromatic carbocycles. The monoisotopic (exact) mass is 404 g/mol. The molecule has 156 valence electrons. The molecule has 4 rings (SSSR count). The van der Waals surface area contributed by atoms with Gasteiger partial charge < -0.3 is 5.32 Å². The van der Waals surface area contributed by atoms with E-state index < -0.39 is 0 Å². The minimum absolute atomic E-state index is 0.0756. The summed E-state index contributed by atoms with van der Waals surface area (Å²) in [6.07, 6.45) is 4.19. The second kappa shape index (κ2) is 9.63. The first-order valence-electron chi connectivity index (χ1n) is 10.6. The number of carbonyl (C=O) groups is 1. The van der Waals surface area contributed by atoms with E-state index in [1.54, 1.807) is 11.0 Å². The van der Waals surface area contributed by atoms with Gasteiger partial charge in [-0.05, 0) is 46.4 Å². The van der Waals surface area contributed by atoms with Gasteiger partial charge >= 0.3 is 0 Å². The van der Waals surface area contributed by atoms with Crippen LogP contribution in [0.25, 0.3) is 0 Å². The third kappa shape index (κ3) is 4.91. The first-order chi connectivity index (χ1) is 14.7. The van der Waals surface area contributed by atoms with Crippen molar-refractivity contribution in [1.82, 2.24) is 30.4 Å². The smallest absolute Gasteiger partial charge is 0.237 e. The number of nitrogens with one attached hydrogen (secondary N) is 1. The van der Waals surface area contributed by atoms with Gasteiger partial charge in [0, 0.05) is 19.6 Å². The zero-order valence-corrected chi connectivity index (χ0v) is 17.3. The van der Waals surface area contributed by atoms with Gasteiger partial charge in [-0.15, -0.1) is 5.10 Å². The second-order valence-corrected chi connectivity index (χ2v) is 7.82. The Bertz CT molecular complexity index is 926. The van der Waals surface area contributed by atoms with Crippen LogP contribution in [0, 0.1) is 0 Å². The first kappa shape index (κ1) is 20.2. The standard InChI is InChI=1S/C23H28N6O/c1-2-18-8-10-20(11-9-18)15-28-16-21(29-17-25-26-27-29)14-22(28)23(30)24-13-12-19-6-4-3-5-7-19/h3-11,17,21-22H,2,12-16H2,1H3,(H,24,30)/t21-,22+/m1/s1. The van der Waals surface area contributed by atoms with Crippen molar-refractivity contribution < 1.29 is 4.79 Å². The summed E-state index contributed by atoms with van der Waals surface area (Å²) in [6, 6.07) is 18.8. The molecule has 2 atom stereocenters. The average molecular weight is 405 g/mol. The van der Waals surface area contributed by atoms with Crippen molar-refractivity contribution in [1.29, 1.82) is 0 Å². The third-order valence-electron chi connectivity index (χ3n) is 5.80. The van der Waals surface area contributed by atoms with E-state index in [1.807, 2.05) is 18.2 Å². The highest BCUT2D eigenvalue weighted by Crippen LogP contribution is 2.28. The Morgan fingerprint density at radius 2 is 1.83 bits per heavy atom. The number of tetrazole rings is 1. The lowest BCUT2D eigenvalue weighted by Crippen LogP contribution is -2.43. The largest absolute Gasteiger partial charge is 0.354 e. The fourth-order valence-electron chi connectivity index (χ4n) is 4.06. The SMILES string of the molecule is CCc1ccc(CN2C[C@H](n3cnnn3)C[C@H]2C(=O)NCCc2ccccc2)cc1. The van der Waals surface area contributed by atoms with Crippen LogP contribution in [-0.2, 0) is 24.2 Å². The van der Waals surface area contributed by atoms with Gasteiger partial charge in [0.1, 0.15) is 6.33 Å². The van der Waals surface area contributed by atoms with E-state index in [2.05, 4.69) is 69.1 Å². The summed E-state index contributed by atoms with van der Waals surface area (Å²) < 4.78 is 1.77. The van der Waals surface area contributed by atoms with Gasteiger partial charge in [-0.25, -0.2) is 4.68 Å². The Labute approximate surface area is 177 Å². The molecular weight excluding hydrogens is 376 g/mol. The van der Waals surface area contributed by atoms with E-state index in [0.717, 1.165) is 25.9 Å². The van der Waals surface area contributed by atoms with Crippen molar-refractivity contribution >= 4 is 5.91 Å². The molecule has 0 aliphatic carbocycles. The number of aryl methyl sites for hydroxylation is 1. The number of hydrogen-bond acceptors (Lipinski definition) is 5. The molecule has 0 spiro atoms. The average Bonchev–Trinajstić information content (AvgIpc) is 3.45. The Morgan fingerprint density at radius 1 is 1.07 bits per heavy atom. The highest BCUT2D eigenvalue weighted by molar-refractivity contribution is 5.82. The van der Waals surface area contributed by atoms with E-state index in [0.29, 0.717) is 13.0 Å². The zero-order chi connectivity index (χ0) is 20.8. The maximum absolute atomic E-state index is 13.0. The van der Waals surface area contributed by atoms with E-state index in [-0.39, 0.29) is 18.0 Å². The van der Waals surface area contributed by atoms with Crippen molar-refractivity contribution in [3.05, 3.63) is 77.6 Å². The molecule has 1 aliphatic heterocycles. The van der Waals surface area contributed by atoms with Crippen molar-refractivity contribution in [2.75, 3.05) is 13.1 Å². The second-order valence-electron chi connectivity index (χ2n) is 7.82. The number of likely N-dealkylation sites (tertiary alicyclic amines) is 1. The molecule has 2 heterocycles. The molecule has 1 saturated heterocycles. The molecule has 30 heavy (non-hydrogen) atoms. The molecule has 0 unspecified atom stereocenters. The highest BCUT2D eigenvalue weighted by Gasteiger charge is 2.38. The summed E-state index contributed by atoms with van der Waals surface area (Å²) >= 11 is 0. The van der Waals surface area contributed by atoms with Gasteiger partial charge in [0.15, 0.2) is 0 Å². The maximum Gasteiger partial charge on any atom is 0.237 e. The molecule has 3 aromatic rings. The van der Waals surface area contributed by atoms with Crippen molar-refractivity contribution in [2.24, 2.45) is 0 Å². The van der Waals surface area contributed by atoms with Crippen LogP contribution in [0.5, 0.6) is 0 Å². The van der Waals surface area contributed by atoms with Crippen LogP contribution >= 0.6 is 0 Å². The fraction of sp³-hybridized carbons (Fsp3) is 0.391. The van der Waals surface area contributed by atoms with Crippen molar-refractivity contribution in [3.8, 4) is 0 Å². The van der Waals surface area contributed by atoms with Gasteiger partial charge in [-0.3, -0.25) is 9.69 Å². The van der Waals surface area contributed by atoms with Gasteiger partial charge in [-0.1, -0.05) is 61.5 Å². The van der Waals surface area contributed by atoms with Gasteiger partial charge in [0.25, 0.3) is 0 Å². The van der Waals surface area contributed by atoms with Crippen LogP contribution in [0.4, 0.5) is 0 Å². The number of aromatic nitrogens is 4. The molecular formula is C23H28N6O. The Morgan fingerprint density at radius 3 is 2.53 bits per heavy atom. The Kier molecular flexibility index (Phi) is 6.49. The summed E-state index contributed by atoms with van der Waals surface area (Å²) in [5.41, 5.74) is 3.76. The Hall–Kier alpha value is -3.06. The van der Waals surface area contributed by atoms with Crippen LogP contribution in [0.2, 0.25) is 0 Å². The minimum Gasteiger partial charge on any atom is -0.354 e. The maximum atomic E-state index is 13.0. The summed E-state index contributed by atoms with van der Waals surface area (Å²) in [4.78, 5) is 15.3. The predicted octanol–water partition coefficient (Wildman–Crippen LogP) is 2.41. The number of rotatable bonds is 8. The summed E-state index contributed by atoms with van der Waals surface area (Å²) in [6.45, 7) is 4.27. The number of carbonyl (C=O) groups excluding carboxylic acids is 1. The van der Waals surface area contributed by atoms with E-state index in [1.165, 1.54) is 16.7 Å². The molecule has 0 saturated carbocycles. The lowest BCUT2D eigenvalue weighted by atomic mass is 10.1. The van der Waals surface area contributed by atoms with E-state index in [4.69, 9.17) is 0 Å². The fourth-order valence-corrected chi connectivity index (χ4v) is 4.06. The topological polar surface area (TPSA) is 75.9 Å². The molecule has 7 nitrogen and oxygen atoms in total. The van der Waals surface area contributed by atoms with Crippen LogP contribution in [-0.4, -0.2) is 50.1 Å². The molecule has 1 amide bonds. The molecule has 1 aliphatic rings. The zero-order valence-electron chi connectivity index (χ0n) is 17.3. The quantitative estimate of drug-likeness (QED) is 0.624. The van der Waals surface area contributed by atoms with Gasteiger partial charge in [0.05, 0.1) is 12.1 Å². The van der Waals surface area contributed by atoms with Crippen LogP contribution in [0.1, 0.15) is 36.1 Å². The van der Waals surface area contributed by atoms with Crippen LogP contribution in [0.3, 0.4) is 0 Å². The lowest BCUT2D eigenvalue weighted by molar-refractivity contribution is -0.125. The highest BCUT2D eigenvalue weighted by atomic mass is 16.2. The van der Waals surface area contributed by atoms with Gasteiger partial charge in [-0.2, -0.15) is 0 Å². The van der Waals surface area contributed by atoms with Crippen LogP contribution < -0.4 is 5.32 Å². The first-order valence-corrected chi connectivity index (χ1v) is 10.6. The molecule has 0 radical (unpaired) electrons. The minimum atomic E-state index is -0.194. The molecule has 1 aromatic heterocycles. The molecule has 1 fully saturated rings. The number of nitrogens with zero attached hydrogens (tertiary/aromatic N) is 5. The summed E-state index contributed by atoms with van der Waals surface area (Å²) in [5.74, 6) is 0.0756. The lowest BCUT2D eigenvalue weighted by Gasteiger charge is -2.23. The summed E-state index contributed by atoms with van der Waals surface area (Å²) in [7, 11) is 0. The number of hydrogen-bond donors (Lipinski definition) is 1. The summed E-state index contributed by atoms with van der Waals surface area (Å²) in [5, 5.41) is 14.7. The molecule has 7 heteroatoms. The molecule has 0 bridgehead atoms. The predicted molar refractivity (Wildman–Crippen MR) is 115 cm³/mol. The van der Waals surface area contributed by atoms with Gasteiger partial charge in [0.2, 0.25) is 5.91 Å². The number of benzene rings is 2. The van der Waals surface area contributed by atoms with Crippen molar-refractivity contribution in [3.63, 3.8) is 0 Å². The van der Waals surface area contributed by atoms with Crippen LogP contribution in [0.15, 0.2) is 60.9 Å². The van der Waals surface area contributed by atoms with E-state index in [9.17, 15) is 4.79 Å².